The molecule has 2 aliphatic rings. The third-order valence-corrected chi connectivity index (χ3v) is 4.12. The van der Waals surface area contributed by atoms with Crippen molar-refractivity contribution >= 4 is 0 Å². The number of aryl methyl sites for hydroxylation is 1. The summed E-state index contributed by atoms with van der Waals surface area (Å²) >= 11 is 0. The second kappa shape index (κ2) is 5.02. The summed E-state index contributed by atoms with van der Waals surface area (Å²) in [4.78, 5) is 7.13. The molecule has 4 nitrogen and oxygen atoms in total. The SMILES string of the molecule is CCOC[C@H]1c2c(ncn2C)CCN1CC1CC1. The van der Waals surface area contributed by atoms with Gasteiger partial charge in [-0.05, 0) is 25.7 Å². The molecule has 0 spiro atoms. The molecule has 1 saturated carbocycles. The Balaban J connectivity index is 1.81. The Labute approximate surface area is 109 Å². The van der Waals surface area contributed by atoms with Crippen molar-refractivity contribution in [1.82, 2.24) is 14.5 Å². The first-order valence-corrected chi connectivity index (χ1v) is 7.11. The van der Waals surface area contributed by atoms with Gasteiger partial charge in [-0.25, -0.2) is 4.98 Å². The lowest BCUT2D eigenvalue weighted by atomic mass is 10.0. The Bertz CT molecular complexity index is 411. The third kappa shape index (κ3) is 2.31. The molecule has 18 heavy (non-hydrogen) atoms. The quantitative estimate of drug-likeness (QED) is 0.796. The Morgan fingerprint density at radius 1 is 1.44 bits per heavy atom. The second-order valence-electron chi connectivity index (χ2n) is 5.55. The number of ether oxygens (including phenoxy) is 1. The molecule has 2 heterocycles. The number of hydrogen-bond acceptors (Lipinski definition) is 3. The van der Waals surface area contributed by atoms with Crippen molar-refractivity contribution in [2.24, 2.45) is 13.0 Å². The molecule has 0 radical (unpaired) electrons. The lowest BCUT2D eigenvalue weighted by Gasteiger charge is -2.35. The van der Waals surface area contributed by atoms with Gasteiger partial charge in [-0.2, -0.15) is 0 Å². The number of fused-ring (bicyclic) bond motifs is 1. The van der Waals surface area contributed by atoms with Crippen molar-refractivity contribution in [3.8, 4) is 0 Å². The molecule has 0 N–H and O–H groups in total. The first kappa shape index (κ1) is 12.2. The highest BCUT2D eigenvalue weighted by atomic mass is 16.5. The molecule has 3 rings (SSSR count). The maximum atomic E-state index is 5.70. The Morgan fingerprint density at radius 3 is 3.00 bits per heavy atom. The predicted octanol–water partition coefficient (Wildman–Crippen LogP) is 1.77. The van der Waals surface area contributed by atoms with Gasteiger partial charge in [-0.1, -0.05) is 0 Å². The average molecular weight is 249 g/mol. The average Bonchev–Trinajstić information content (AvgIpc) is 3.11. The van der Waals surface area contributed by atoms with Gasteiger partial charge in [0.15, 0.2) is 0 Å². The molecular formula is C14H23N3O. The number of aromatic nitrogens is 2. The number of imidazole rings is 1. The molecular weight excluding hydrogens is 226 g/mol. The summed E-state index contributed by atoms with van der Waals surface area (Å²) in [5, 5.41) is 0. The van der Waals surface area contributed by atoms with Gasteiger partial charge >= 0.3 is 0 Å². The molecule has 100 valence electrons. The van der Waals surface area contributed by atoms with E-state index in [1.165, 1.54) is 30.8 Å². The van der Waals surface area contributed by atoms with Gasteiger partial charge in [-0.3, -0.25) is 4.90 Å². The summed E-state index contributed by atoms with van der Waals surface area (Å²) in [6.07, 6.45) is 5.86. The minimum Gasteiger partial charge on any atom is -0.380 e. The summed E-state index contributed by atoms with van der Waals surface area (Å²) in [6.45, 7) is 6.04. The predicted molar refractivity (Wildman–Crippen MR) is 70.4 cm³/mol. The second-order valence-corrected chi connectivity index (χ2v) is 5.55. The van der Waals surface area contributed by atoms with Crippen LogP contribution in [0.4, 0.5) is 0 Å². The highest BCUT2D eigenvalue weighted by molar-refractivity contribution is 5.21. The van der Waals surface area contributed by atoms with Crippen LogP contribution in [0.25, 0.3) is 0 Å². The van der Waals surface area contributed by atoms with E-state index in [9.17, 15) is 0 Å². The number of rotatable bonds is 5. The van der Waals surface area contributed by atoms with Crippen molar-refractivity contribution in [3.63, 3.8) is 0 Å². The molecule has 0 unspecified atom stereocenters. The summed E-state index contributed by atoms with van der Waals surface area (Å²) in [5.74, 6) is 0.934. The minimum absolute atomic E-state index is 0.404. The van der Waals surface area contributed by atoms with Gasteiger partial charge < -0.3 is 9.30 Å². The Morgan fingerprint density at radius 2 is 2.28 bits per heavy atom. The van der Waals surface area contributed by atoms with Crippen LogP contribution >= 0.6 is 0 Å². The summed E-state index contributed by atoms with van der Waals surface area (Å²) < 4.78 is 7.88. The molecule has 1 aromatic rings. The van der Waals surface area contributed by atoms with Crippen LogP contribution < -0.4 is 0 Å². The topological polar surface area (TPSA) is 30.3 Å². The van der Waals surface area contributed by atoms with Crippen LogP contribution in [0.5, 0.6) is 0 Å². The molecule has 1 aliphatic heterocycles. The zero-order chi connectivity index (χ0) is 12.5. The van der Waals surface area contributed by atoms with Crippen LogP contribution in [0, 0.1) is 5.92 Å². The van der Waals surface area contributed by atoms with E-state index < -0.39 is 0 Å². The molecule has 0 aromatic carbocycles. The van der Waals surface area contributed by atoms with Crippen LogP contribution in [0.1, 0.15) is 37.2 Å². The monoisotopic (exact) mass is 249 g/mol. The number of hydrogen-bond donors (Lipinski definition) is 0. The molecule has 1 aliphatic carbocycles. The van der Waals surface area contributed by atoms with Crippen molar-refractivity contribution in [2.45, 2.75) is 32.2 Å². The van der Waals surface area contributed by atoms with E-state index in [4.69, 9.17) is 4.74 Å². The fourth-order valence-electron chi connectivity index (χ4n) is 2.95. The molecule has 0 bridgehead atoms. The standard InChI is InChI=1S/C14H23N3O/c1-3-18-9-13-14-12(15-10-16(14)2)6-7-17(13)8-11-4-5-11/h10-11,13H,3-9H2,1-2H3/t13-/m0/s1. The summed E-state index contributed by atoms with van der Waals surface area (Å²) in [7, 11) is 2.10. The van der Waals surface area contributed by atoms with E-state index >= 15 is 0 Å². The van der Waals surface area contributed by atoms with E-state index in [-0.39, 0.29) is 0 Å². The zero-order valence-corrected chi connectivity index (χ0v) is 11.4. The van der Waals surface area contributed by atoms with Gasteiger partial charge in [0.2, 0.25) is 0 Å². The van der Waals surface area contributed by atoms with Gasteiger partial charge in [0.1, 0.15) is 0 Å². The van der Waals surface area contributed by atoms with E-state index in [0.717, 1.165) is 32.1 Å². The molecule has 0 amide bonds. The molecule has 0 saturated heterocycles. The molecule has 1 aromatic heterocycles. The Hall–Kier alpha value is -0.870. The number of nitrogens with zero attached hydrogens (tertiary/aromatic N) is 3. The van der Waals surface area contributed by atoms with Crippen molar-refractivity contribution in [2.75, 3.05) is 26.3 Å². The molecule has 1 atom stereocenters. The van der Waals surface area contributed by atoms with Crippen molar-refractivity contribution in [1.29, 1.82) is 0 Å². The van der Waals surface area contributed by atoms with Crippen LogP contribution in [0.15, 0.2) is 6.33 Å². The van der Waals surface area contributed by atoms with Gasteiger partial charge in [0, 0.05) is 33.2 Å². The highest BCUT2D eigenvalue weighted by Gasteiger charge is 2.34. The fourth-order valence-corrected chi connectivity index (χ4v) is 2.95. The van der Waals surface area contributed by atoms with Crippen molar-refractivity contribution in [3.05, 3.63) is 17.7 Å². The highest BCUT2D eigenvalue weighted by Crippen LogP contribution is 2.35. The van der Waals surface area contributed by atoms with E-state index in [0.29, 0.717) is 6.04 Å². The van der Waals surface area contributed by atoms with Crippen LogP contribution in [-0.4, -0.2) is 40.8 Å². The summed E-state index contributed by atoms with van der Waals surface area (Å²) in [5.41, 5.74) is 2.64. The first-order chi connectivity index (χ1) is 8.79. The largest absolute Gasteiger partial charge is 0.380 e. The van der Waals surface area contributed by atoms with Gasteiger partial charge in [0.05, 0.1) is 30.4 Å². The van der Waals surface area contributed by atoms with Gasteiger partial charge in [0.25, 0.3) is 0 Å². The maximum Gasteiger partial charge on any atom is 0.0949 e. The normalized spacial score (nSPS) is 24.2. The summed E-state index contributed by atoms with van der Waals surface area (Å²) in [6, 6.07) is 0.404. The first-order valence-electron chi connectivity index (χ1n) is 7.11. The van der Waals surface area contributed by atoms with E-state index in [1.54, 1.807) is 0 Å². The van der Waals surface area contributed by atoms with Crippen molar-refractivity contribution < 1.29 is 4.74 Å². The maximum absolute atomic E-state index is 5.70. The zero-order valence-electron chi connectivity index (χ0n) is 11.4. The van der Waals surface area contributed by atoms with Crippen LogP contribution in [0.3, 0.4) is 0 Å². The van der Waals surface area contributed by atoms with Gasteiger partial charge in [-0.15, -0.1) is 0 Å². The van der Waals surface area contributed by atoms with Crippen LogP contribution in [0.2, 0.25) is 0 Å². The minimum atomic E-state index is 0.404. The molecule has 1 fully saturated rings. The van der Waals surface area contributed by atoms with E-state index in [1.807, 2.05) is 6.33 Å². The fraction of sp³-hybridized carbons (Fsp3) is 0.786. The van der Waals surface area contributed by atoms with Crippen LogP contribution in [-0.2, 0) is 18.2 Å². The Kier molecular flexibility index (Phi) is 3.39. The lowest BCUT2D eigenvalue weighted by Crippen LogP contribution is -2.40. The smallest absolute Gasteiger partial charge is 0.0949 e. The molecule has 4 heteroatoms. The third-order valence-electron chi connectivity index (χ3n) is 4.12. The lowest BCUT2D eigenvalue weighted by molar-refractivity contribution is 0.0536. The van der Waals surface area contributed by atoms with E-state index in [2.05, 4.69) is 28.4 Å².